The first kappa shape index (κ1) is 9.16. The Kier molecular flexibility index (Phi) is 2.39. The van der Waals surface area contributed by atoms with E-state index in [1.807, 2.05) is 6.92 Å². The number of hydrogen-bond donors (Lipinski definition) is 1. The lowest BCUT2D eigenvalue weighted by molar-refractivity contribution is -0.840. The molecule has 3 heteroatoms. The first-order chi connectivity index (χ1) is 6.23. The van der Waals surface area contributed by atoms with E-state index < -0.39 is 0 Å². The molecule has 74 valence electrons. The van der Waals surface area contributed by atoms with Crippen molar-refractivity contribution in [3.05, 3.63) is 0 Å². The van der Waals surface area contributed by atoms with Crippen LogP contribution in [0.15, 0.2) is 4.99 Å². The summed E-state index contributed by atoms with van der Waals surface area (Å²) in [4.78, 5) is 4.59. The average Bonchev–Trinajstić information content (AvgIpc) is 2.45. The van der Waals surface area contributed by atoms with Crippen LogP contribution in [0.2, 0.25) is 0 Å². The molecule has 0 saturated carbocycles. The van der Waals surface area contributed by atoms with Gasteiger partial charge in [0.25, 0.3) is 0 Å². The molecular weight excluding hydrogens is 164 g/mol. The molecule has 2 unspecified atom stereocenters. The number of aliphatic hydroxyl groups excluding tert-OH is 1. The van der Waals surface area contributed by atoms with E-state index in [0.717, 1.165) is 24.0 Å². The second-order valence-electron chi connectivity index (χ2n) is 4.38. The van der Waals surface area contributed by atoms with E-state index in [9.17, 15) is 5.11 Å². The molecule has 0 aromatic carbocycles. The summed E-state index contributed by atoms with van der Waals surface area (Å²) < 4.78 is 0.998. The van der Waals surface area contributed by atoms with Gasteiger partial charge in [-0.3, -0.25) is 4.48 Å². The topological polar surface area (TPSA) is 32.6 Å². The highest BCUT2D eigenvalue weighted by Crippen LogP contribution is 2.26. The van der Waals surface area contributed by atoms with Gasteiger partial charge in [0.15, 0.2) is 5.84 Å². The molecule has 0 spiro atoms. The zero-order valence-corrected chi connectivity index (χ0v) is 8.37. The fourth-order valence-corrected chi connectivity index (χ4v) is 2.75. The molecule has 3 nitrogen and oxygen atoms in total. The van der Waals surface area contributed by atoms with Gasteiger partial charge in [-0.1, -0.05) is 0 Å². The standard InChI is InChI=1S/C10H19N2O/c1-9(13)8-12-6-2-4-10(12)11-5-3-7-12/h9,13H,2-8H2,1H3/q+1. The molecular formula is C10H19N2O+. The Hall–Kier alpha value is -0.410. The van der Waals surface area contributed by atoms with Gasteiger partial charge in [0.2, 0.25) is 0 Å². The normalized spacial score (nSPS) is 35.4. The number of nitrogens with zero attached hydrogens (tertiary/aromatic N) is 2. The number of fused-ring (bicyclic) bond motifs is 1. The maximum atomic E-state index is 9.48. The van der Waals surface area contributed by atoms with Gasteiger partial charge < -0.3 is 5.11 Å². The van der Waals surface area contributed by atoms with Crippen molar-refractivity contribution in [2.45, 2.75) is 32.3 Å². The van der Waals surface area contributed by atoms with Gasteiger partial charge in [-0.15, -0.1) is 0 Å². The molecule has 0 aromatic heterocycles. The highest BCUT2D eigenvalue weighted by molar-refractivity contribution is 5.77. The van der Waals surface area contributed by atoms with Gasteiger partial charge in [0, 0.05) is 25.8 Å². The van der Waals surface area contributed by atoms with E-state index in [1.165, 1.54) is 31.8 Å². The third kappa shape index (κ3) is 1.63. The zero-order chi connectivity index (χ0) is 9.31. The molecule has 2 atom stereocenters. The van der Waals surface area contributed by atoms with Crippen LogP contribution in [-0.2, 0) is 0 Å². The molecule has 2 heterocycles. The molecule has 2 rings (SSSR count). The molecule has 2 aliphatic rings. The van der Waals surface area contributed by atoms with Gasteiger partial charge in [-0.05, 0) is 6.92 Å². The monoisotopic (exact) mass is 183 g/mol. The van der Waals surface area contributed by atoms with Crippen molar-refractivity contribution in [1.29, 1.82) is 0 Å². The summed E-state index contributed by atoms with van der Waals surface area (Å²) in [5.41, 5.74) is 0. The summed E-state index contributed by atoms with van der Waals surface area (Å²) in [5, 5.41) is 9.48. The van der Waals surface area contributed by atoms with Crippen LogP contribution in [0.1, 0.15) is 26.2 Å². The SMILES string of the molecule is CC(O)C[N+]12CCCN=C1CCC2. The maximum absolute atomic E-state index is 9.48. The van der Waals surface area contributed by atoms with Crippen molar-refractivity contribution in [2.75, 3.05) is 26.2 Å². The Bertz CT molecular complexity index is 225. The third-order valence-electron chi connectivity index (χ3n) is 3.19. The predicted octanol–water partition coefficient (Wildman–Crippen LogP) is 0.780. The summed E-state index contributed by atoms with van der Waals surface area (Å²) in [6.45, 7) is 6.17. The molecule has 0 aromatic rings. The number of hydrogen-bond acceptors (Lipinski definition) is 2. The molecule has 0 radical (unpaired) electrons. The highest BCUT2D eigenvalue weighted by atomic mass is 16.3. The van der Waals surface area contributed by atoms with Gasteiger partial charge in [0.1, 0.15) is 12.6 Å². The molecule has 13 heavy (non-hydrogen) atoms. The summed E-state index contributed by atoms with van der Waals surface area (Å²) >= 11 is 0. The number of aliphatic imine (C=N–C) groups is 1. The number of amidine groups is 1. The fourth-order valence-electron chi connectivity index (χ4n) is 2.75. The minimum absolute atomic E-state index is 0.193. The average molecular weight is 183 g/mol. The van der Waals surface area contributed by atoms with Gasteiger partial charge in [-0.25, -0.2) is 4.99 Å². The Labute approximate surface area is 79.7 Å². The van der Waals surface area contributed by atoms with Gasteiger partial charge in [0.05, 0.1) is 13.1 Å². The van der Waals surface area contributed by atoms with E-state index in [4.69, 9.17) is 0 Å². The molecule has 1 N–H and O–H groups in total. The van der Waals surface area contributed by atoms with Crippen LogP contribution in [0.3, 0.4) is 0 Å². The summed E-state index contributed by atoms with van der Waals surface area (Å²) in [7, 11) is 0. The molecule has 1 fully saturated rings. The van der Waals surface area contributed by atoms with Crippen LogP contribution >= 0.6 is 0 Å². The third-order valence-corrected chi connectivity index (χ3v) is 3.19. The van der Waals surface area contributed by atoms with Crippen molar-refractivity contribution < 1.29 is 9.59 Å². The summed E-state index contributed by atoms with van der Waals surface area (Å²) in [5.74, 6) is 1.35. The second-order valence-corrected chi connectivity index (χ2v) is 4.38. The molecule has 2 aliphatic heterocycles. The molecule has 0 bridgehead atoms. The van der Waals surface area contributed by atoms with Crippen molar-refractivity contribution >= 4 is 5.84 Å². The summed E-state index contributed by atoms with van der Waals surface area (Å²) in [6.07, 6.45) is 3.41. The minimum Gasteiger partial charge on any atom is -0.388 e. The van der Waals surface area contributed by atoms with E-state index >= 15 is 0 Å². The highest BCUT2D eigenvalue weighted by Gasteiger charge is 2.41. The largest absolute Gasteiger partial charge is 0.388 e. The quantitative estimate of drug-likeness (QED) is 0.630. The van der Waals surface area contributed by atoms with Crippen LogP contribution in [0.25, 0.3) is 0 Å². The first-order valence-corrected chi connectivity index (χ1v) is 5.31. The fraction of sp³-hybridized carbons (Fsp3) is 0.900. The van der Waals surface area contributed by atoms with E-state index in [2.05, 4.69) is 4.99 Å². The van der Waals surface area contributed by atoms with Crippen LogP contribution in [-0.4, -0.2) is 47.7 Å². The Morgan fingerprint density at radius 1 is 1.46 bits per heavy atom. The zero-order valence-electron chi connectivity index (χ0n) is 8.37. The minimum atomic E-state index is -0.193. The smallest absolute Gasteiger partial charge is 0.198 e. The second kappa shape index (κ2) is 3.39. The molecule has 0 amide bonds. The van der Waals surface area contributed by atoms with Crippen LogP contribution in [0.4, 0.5) is 0 Å². The molecule has 1 saturated heterocycles. The number of quaternary nitrogens is 1. The lowest BCUT2D eigenvalue weighted by atomic mass is 10.2. The number of rotatable bonds is 2. The Balaban J connectivity index is 2.17. The lowest BCUT2D eigenvalue weighted by Gasteiger charge is -2.37. The predicted molar refractivity (Wildman–Crippen MR) is 52.7 cm³/mol. The van der Waals surface area contributed by atoms with Crippen LogP contribution in [0.5, 0.6) is 0 Å². The first-order valence-electron chi connectivity index (χ1n) is 5.31. The van der Waals surface area contributed by atoms with Crippen molar-refractivity contribution in [2.24, 2.45) is 4.99 Å². The van der Waals surface area contributed by atoms with E-state index in [-0.39, 0.29) is 6.10 Å². The summed E-state index contributed by atoms with van der Waals surface area (Å²) in [6, 6.07) is 0. The van der Waals surface area contributed by atoms with Crippen molar-refractivity contribution in [3.8, 4) is 0 Å². The van der Waals surface area contributed by atoms with Crippen molar-refractivity contribution in [1.82, 2.24) is 0 Å². The van der Waals surface area contributed by atoms with Gasteiger partial charge in [-0.2, -0.15) is 0 Å². The van der Waals surface area contributed by atoms with Crippen molar-refractivity contribution in [3.63, 3.8) is 0 Å². The van der Waals surface area contributed by atoms with Crippen LogP contribution in [0, 0.1) is 0 Å². The van der Waals surface area contributed by atoms with E-state index in [1.54, 1.807) is 0 Å². The maximum Gasteiger partial charge on any atom is 0.198 e. The Morgan fingerprint density at radius 3 is 3.00 bits per heavy atom. The van der Waals surface area contributed by atoms with Crippen LogP contribution < -0.4 is 0 Å². The Morgan fingerprint density at radius 2 is 2.23 bits per heavy atom. The number of aliphatic hydroxyl groups is 1. The van der Waals surface area contributed by atoms with Gasteiger partial charge >= 0.3 is 0 Å². The van der Waals surface area contributed by atoms with E-state index in [0.29, 0.717) is 0 Å². The lowest BCUT2D eigenvalue weighted by Crippen LogP contribution is -2.55. The molecule has 0 aliphatic carbocycles.